The zero-order valence-electron chi connectivity index (χ0n) is 14.4. The molecule has 0 aliphatic carbocycles. The molecule has 3 N–H and O–H groups in total. The molecule has 2 aromatic rings. The van der Waals surface area contributed by atoms with Crippen molar-refractivity contribution in [1.82, 2.24) is 10.6 Å². The van der Waals surface area contributed by atoms with Gasteiger partial charge in [0.15, 0.2) is 0 Å². The minimum atomic E-state index is -0.839. The van der Waals surface area contributed by atoms with Crippen LogP contribution in [0.4, 0.5) is 5.69 Å². The van der Waals surface area contributed by atoms with E-state index in [1.54, 1.807) is 43.5 Å². The van der Waals surface area contributed by atoms with Crippen molar-refractivity contribution in [2.75, 3.05) is 25.6 Å². The first-order valence-corrected chi connectivity index (χ1v) is 8.09. The van der Waals surface area contributed by atoms with Gasteiger partial charge in [0, 0.05) is 20.3 Å². The molecule has 8 nitrogen and oxygen atoms in total. The van der Waals surface area contributed by atoms with E-state index in [4.69, 9.17) is 9.15 Å². The molecular weight excluding hydrogens is 338 g/mol. The number of ether oxygens (including phenoxy) is 1. The lowest BCUT2D eigenvalue weighted by molar-refractivity contribution is -0.136. The predicted molar refractivity (Wildman–Crippen MR) is 94.5 cm³/mol. The largest absolute Gasteiger partial charge is 0.467 e. The molecule has 0 saturated heterocycles. The highest BCUT2D eigenvalue weighted by Crippen LogP contribution is 2.15. The van der Waals surface area contributed by atoms with E-state index >= 15 is 0 Å². The van der Waals surface area contributed by atoms with E-state index in [9.17, 15) is 14.4 Å². The monoisotopic (exact) mass is 359 g/mol. The number of anilines is 1. The van der Waals surface area contributed by atoms with Crippen LogP contribution in [0, 0.1) is 0 Å². The Labute approximate surface area is 150 Å². The molecule has 0 radical (unpaired) electrons. The van der Waals surface area contributed by atoms with E-state index in [-0.39, 0.29) is 17.8 Å². The maximum absolute atomic E-state index is 12.3. The van der Waals surface area contributed by atoms with Crippen molar-refractivity contribution in [3.8, 4) is 0 Å². The molecular formula is C18H21N3O5. The first-order valence-electron chi connectivity index (χ1n) is 8.09. The number of hydrogen-bond acceptors (Lipinski definition) is 5. The van der Waals surface area contributed by atoms with Crippen LogP contribution in [0.25, 0.3) is 0 Å². The van der Waals surface area contributed by atoms with Gasteiger partial charge < -0.3 is 25.1 Å². The van der Waals surface area contributed by atoms with Crippen molar-refractivity contribution in [3.63, 3.8) is 0 Å². The molecule has 1 aromatic carbocycles. The number of amides is 3. The Morgan fingerprint density at radius 3 is 2.58 bits per heavy atom. The van der Waals surface area contributed by atoms with Crippen LogP contribution in [0.2, 0.25) is 0 Å². The molecule has 2 rings (SSSR count). The van der Waals surface area contributed by atoms with Gasteiger partial charge in [-0.25, -0.2) is 0 Å². The lowest BCUT2D eigenvalue weighted by atomic mass is 10.1. The molecule has 0 spiro atoms. The van der Waals surface area contributed by atoms with E-state index in [0.717, 1.165) is 0 Å². The first kappa shape index (κ1) is 19.2. The van der Waals surface area contributed by atoms with Gasteiger partial charge in [0.05, 0.1) is 24.1 Å². The van der Waals surface area contributed by atoms with E-state index in [1.807, 2.05) is 0 Å². The van der Waals surface area contributed by atoms with Crippen LogP contribution < -0.4 is 16.0 Å². The maximum atomic E-state index is 12.3. The molecule has 8 heteroatoms. The van der Waals surface area contributed by atoms with Crippen LogP contribution in [-0.4, -0.2) is 38.0 Å². The third-order valence-electron chi connectivity index (χ3n) is 3.44. The van der Waals surface area contributed by atoms with E-state index < -0.39 is 17.7 Å². The van der Waals surface area contributed by atoms with E-state index in [1.165, 1.54) is 6.26 Å². The van der Waals surface area contributed by atoms with Crippen molar-refractivity contribution < 1.29 is 23.5 Å². The smallest absolute Gasteiger partial charge is 0.313 e. The zero-order chi connectivity index (χ0) is 18.8. The van der Waals surface area contributed by atoms with E-state index in [0.29, 0.717) is 25.3 Å². The van der Waals surface area contributed by atoms with Crippen molar-refractivity contribution >= 4 is 23.4 Å². The van der Waals surface area contributed by atoms with Gasteiger partial charge in [-0.05, 0) is 30.7 Å². The minimum Gasteiger partial charge on any atom is -0.467 e. The Bertz CT molecular complexity index is 743. The number of hydrogen-bond donors (Lipinski definition) is 3. The van der Waals surface area contributed by atoms with Gasteiger partial charge >= 0.3 is 11.8 Å². The summed E-state index contributed by atoms with van der Waals surface area (Å²) in [4.78, 5) is 36.1. The highest BCUT2D eigenvalue weighted by Gasteiger charge is 2.17. The molecule has 0 atom stereocenters. The molecule has 26 heavy (non-hydrogen) atoms. The SMILES string of the molecule is COCCCNC(=O)C(=O)Nc1ccccc1C(=O)NCc1ccco1. The first-order chi connectivity index (χ1) is 12.6. The van der Waals surface area contributed by atoms with Crippen LogP contribution in [0.5, 0.6) is 0 Å². The number of methoxy groups -OCH3 is 1. The second-order valence-corrected chi connectivity index (χ2v) is 5.36. The fourth-order valence-electron chi connectivity index (χ4n) is 2.14. The second kappa shape index (κ2) is 10.00. The van der Waals surface area contributed by atoms with Gasteiger partial charge in [-0.2, -0.15) is 0 Å². The number of carbonyl (C=O) groups is 3. The van der Waals surface area contributed by atoms with Gasteiger partial charge in [0.2, 0.25) is 0 Å². The predicted octanol–water partition coefficient (Wildman–Crippen LogP) is 1.30. The number of rotatable bonds is 8. The van der Waals surface area contributed by atoms with Crippen molar-refractivity contribution in [2.45, 2.75) is 13.0 Å². The Kier molecular flexibility index (Phi) is 7.38. The number of benzene rings is 1. The van der Waals surface area contributed by atoms with Gasteiger partial charge in [-0.1, -0.05) is 12.1 Å². The molecule has 1 heterocycles. The number of carbonyl (C=O) groups excluding carboxylic acids is 3. The molecule has 0 bridgehead atoms. The minimum absolute atomic E-state index is 0.216. The lowest BCUT2D eigenvalue weighted by Crippen LogP contribution is -2.36. The van der Waals surface area contributed by atoms with Gasteiger partial charge in [-0.3, -0.25) is 14.4 Å². The third kappa shape index (κ3) is 5.75. The highest BCUT2D eigenvalue weighted by molar-refractivity contribution is 6.40. The van der Waals surface area contributed by atoms with Crippen LogP contribution in [-0.2, 0) is 20.9 Å². The summed E-state index contributed by atoms with van der Waals surface area (Å²) in [5, 5.41) is 7.64. The number of furan rings is 1. The van der Waals surface area contributed by atoms with Gasteiger partial charge in [0.1, 0.15) is 5.76 Å². The van der Waals surface area contributed by atoms with Gasteiger partial charge in [0.25, 0.3) is 5.91 Å². The van der Waals surface area contributed by atoms with E-state index in [2.05, 4.69) is 16.0 Å². The Hall–Kier alpha value is -3.13. The number of nitrogens with one attached hydrogen (secondary N) is 3. The zero-order valence-corrected chi connectivity index (χ0v) is 14.4. The quantitative estimate of drug-likeness (QED) is 0.486. The van der Waals surface area contributed by atoms with Crippen LogP contribution in [0.15, 0.2) is 47.1 Å². The average Bonchev–Trinajstić information content (AvgIpc) is 3.17. The molecule has 1 aromatic heterocycles. The molecule has 0 aliphatic heterocycles. The summed E-state index contributed by atoms with van der Waals surface area (Å²) in [6, 6.07) is 9.90. The Morgan fingerprint density at radius 1 is 1.04 bits per heavy atom. The summed E-state index contributed by atoms with van der Waals surface area (Å²) in [6.07, 6.45) is 2.11. The lowest BCUT2D eigenvalue weighted by Gasteiger charge is -2.11. The molecule has 0 aliphatic rings. The van der Waals surface area contributed by atoms with Crippen molar-refractivity contribution in [1.29, 1.82) is 0 Å². The Balaban J connectivity index is 1.93. The van der Waals surface area contributed by atoms with Crippen LogP contribution >= 0.6 is 0 Å². The maximum Gasteiger partial charge on any atom is 0.313 e. The molecule has 0 unspecified atom stereocenters. The van der Waals surface area contributed by atoms with Crippen LogP contribution in [0.1, 0.15) is 22.5 Å². The fraction of sp³-hybridized carbons (Fsp3) is 0.278. The summed E-state index contributed by atoms with van der Waals surface area (Å²) in [5.74, 6) is -1.39. The third-order valence-corrected chi connectivity index (χ3v) is 3.44. The molecule has 3 amide bonds. The summed E-state index contributed by atoms with van der Waals surface area (Å²) >= 11 is 0. The second-order valence-electron chi connectivity index (χ2n) is 5.36. The van der Waals surface area contributed by atoms with Crippen LogP contribution in [0.3, 0.4) is 0 Å². The topological polar surface area (TPSA) is 110 Å². The normalized spacial score (nSPS) is 10.2. The Morgan fingerprint density at radius 2 is 1.85 bits per heavy atom. The average molecular weight is 359 g/mol. The number of para-hydroxylation sites is 1. The fourth-order valence-corrected chi connectivity index (χ4v) is 2.14. The van der Waals surface area contributed by atoms with Crippen molar-refractivity contribution in [3.05, 3.63) is 54.0 Å². The molecule has 0 fully saturated rings. The molecule has 138 valence electrons. The van der Waals surface area contributed by atoms with Gasteiger partial charge in [-0.15, -0.1) is 0 Å². The standard InChI is InChI=1S/C18H21N3O5/c1-25-10-5-9-19-17(23)18(24)21-15-8-3-2-7-14(15)16(22)20-12-13-6-4-11-26-13/h2-4,6-8,11H,5,9-10,12H2,1H3,(H,19,23)(H,20,22)(H,21,24). The van der Waals surface area contributed by atoms with Crippen molar-refractivity contribution in [2.24, 2.45) is 0 Å². The summed E-state index contributed by atoms with van der Waals surface area (Å²) < 4.78 is 10.0. The molecule has 0 saturated carbocycles. The summed E-state index contributed by atoms with van der Waals surface area (Å²) in [5.41, 5.74) is 0.501. The summed E-state index contributed by atoms with van der Waals surface area (Å²) in [7, 11) is 1.56. The highest BCUT2D eigenvalue weighted by atomic mass is 16.5. The summed E-state index contributed by atoms with van der Waals surface area (Å²) in [6.45, 7) is 1.03.